The van der Waals surface area contributed by atoms with Crippen LogP contribution in [0.5, 0.6) is 11.5 Å². The Kier molecular flexibility index (Phi) is 6.67. The van der Waals surface area contributed by atoms with Crippen LogP contribution < -0.4 is 10.1 Å². The standard InChI is InChI=1S/C28H28N8O2S/c1-18-13-19(6-7-22(18)38-20-8-12-36-24(14-20)29-17-32-36)33-27-26-21-9-11-35(25(37)5-4-10-34(2)3)15-23(21)39-28(26)31-16-30-27/h4-8,12-14,16-17H,9-11,15H2,1-3H3,(H,30,31,33)/b5-4+. The number of aryl methyl sites for hydroxylation is 1. The highest BCUT2D eigenvalue weighted by molar-refractivity contribution is 7.19. The first-order valence-electron chi connectivity index (χ1n) is 12.6. The van der Waals surface area contributed by atoms with Gasteiger partial charge in [0.2, 0.25) is 5.91 Å². The Labute approximate surface area is 229 Å². The van der Waals surface area contributed by atoms with Gasteiger partial charge in [-0.3, -0.25) is 4.79 Å². The van der Waals surface area contributed by atoms with Gasteiger partial charge in [-0.1, -0.05) is 6.08 Å². The first kappa shape index (κ1) is 25.0. The summed E-state index contributed by atoms with van der Waals surface area (Å²) in [5.74, 6) is 2.27. The molecule has 4 aromatic heterocycles. The quantitative estimate of drug-likeness (QED) is 0.300. The molecule has 1 aliphatic heterocycles. The predicted molar refractivity (Wildman–Crippen MR) is 152 cm³/mol. The minimum atomic E-state index is 0.0449. The topological polar surface area (TPSA) is 101 Å². The van der Waals surface area contributed by atoms with Crippen molar-refractivity contribution in [1.82, 2.24) is 34.4 Å². The largest absolute Gasteiger partial charge is 0.457 e. The van der Waals surface area contributed by atoms with Gasteiger partial charge in [-0.15, -0.1) is 11.3 Å². The highest BCUT2D eigenvalue weighted by atomic mass is 32.1. The Bertz CT molecular complexity index is 1710. The molecular weight excluding hydrogens is 512 g/mol. The molecule has 39 heavy (non-hydrogen) atoms. The Morgan fingerprint density at radius 1 is 1.18 bits per heavy atom. The van der Waals surface area contributed by atoms with Gasteiger partial charge in [0.25, 0.3) is 0 Å². The molecule has 1 aromatic carbocycles. The third-order valence-electron chi connectivity index (χ3n) is 6.60. The number of likely N-dealkylation sites (N-methyl/N-ethyl adjacent to an activating group) is 1. The lowest BCUT2D eigenvalue weighted by Gasteiger charge is -2.26. The van der Waals surface area contributed by atoms with Crippen molar-refractivity contribution in [2.24, 2.45) is 0 Å². The van der Waals surface area contributed by atoms with Crippen LogP contribution in [0.1, 0.15) is 16.0 Å². The molecule has 5 aromatic rings. The third-order valence-corrected chi connectivity index (χ3v) is 7.72. The number of amides is 1. The first-order valence-corrected chi connectivity index (χ1v) is 13.5. The van der Waals surface area contributed by atoms with Crippen LogP contribution in [0.2, 0.25) is 0 Å². The van der Waals surface area contributed by atoms with Crippen molar-refractivity contribution in [2.45, 2.75) is 19.9 Å². The summed E-state index contributed by atoms with van der Waals surface area (Å²) in [6, 6.07) is 9.67. The number of nitrogens with one attached hydrogen (secondary N) is 1. The maximum Gasteiger partial charge on any atom is 0.246 e. The molecule has 6 rings (SSSR count). The first-order chi connectivity index (χ1) is 18.9. The second-order valence-electron chi connectivity index (χ2n) is 9.71. The summed E-state index contributed by atoms with van der Waals surface area (Å²) in [5, 5.41) is 8.64. The fourth-order valence-electron chi connectivity index (χ4n) is 4.65. The third kappa shape index (κ3) is 5.18. The van der Waals surface area contributed by atoms with Crippen LogP contribution in [0.3, 0.4) is 0 Å². The minimum absolute atomic E-state index is 0.0449. The Hall–Kier alpha value is -4.35. The van der Waals surface area contributed by atoms with Gasteiger partial charge in [-0.25, -0.2) is 19.5 Å². The summed E-state index contributed by atoms with van der Waals surface area (Å²) in [4.78, 5) is 32.0. The fraction of sp³-hybridized carbons (Fsp3) is 0.250. The zero-order valence-corrected chi connectivity index (χ0v) is 22.8. The monoisotopic (exact) mass is 540 g/mol. The molecule has 0 unspecified atom stereocenters. The zero-order chi connectivity index (χ0) is 26.9. The lowest BCUT2D eigenvalue weighted by molar-refractivity contribution is -0.126. The number of rotatable bonds is 7. The van der Waals surface area contributed by atoms with Gasteiger partial charge in [-0.05, 0) is 62.8 Å². The lowest BCUT2D eigenvalue weighted by Crippen LogP contribution is -2.34. The van der Waals surface area contributed by atoms with Gasteiger partial charge in [0.05, 0.1) is 11.9 Å². The molecule has 0 aliphatic carbocycles. The van der Waals surface area contributed by atoms with Crippen molar-refractivity contribution in [3.63, 3.8) is 0 Å². The SMILES string of the molecule is Cc1cc(Nc2ncnc3sc4c(c23)CCN(C(=O)/C=C/CN(C)C)C4)ccc1Oc1ccn2ncnc2c1. The number of fused-ring (bicyclic) bond motifs is 4. The van der Waals surface area contributed by atoms with E-state index >= 15 is 0 Å². The van der Waals surface area contributed by atoms with E-state index in [4.69, 9.17) is 4.74 Å². The van der Waals surface area contributed by atoms with Crippen molar-refractivity contribution in [1.29, 1.82) is 0 Å². The van der Waals surface area contributed by atoms with Crippen molar-refractivity contribution >= 4 is 44.6 Å². The van der Waals surface area contributed by atoms with Gasteiger partial charge in [-0.2, -0.15) is 5.10 Å². The summed E-state index contributed by atoms with van der Waals surface area (Å²) >= 11 is 1.63. The lowest BCUT2D eigenvalue weighted by atomic mass is 10.0. The number of nitrogens with zero attached hydrogens (tertiary/aromatic N) is 7. The second kappa shape index (κ2) is 10.4. The molecule has 5 heterocycles. The normalized spacial score (nSPS) is 13.5. The highest BCUT2D eigenvalue weighted by Gasteiger charge is 2.25. The van der Waals surface area contributed by atoms with Crippen molar-refractivity contribution < 1.29 is 9.53 Å². The molecule has 0 saturated carbocycles. The van der Waals surface area contributed by atoms with Gasteiger partial charge >= 0.3 is 0 Å². The van der Waals surface area contributed by atoms with E-state index in [-0.39, 0.29) is 5.91 Å². The summed E-state index contributed by atoms with van der Waals surface area (Å²) in [6.45, 7) is 4.01. The fourth-order valence-corrected chi connectivity index (χ4v) is 5.85. The van der Waals surface area contributed by atoms with E-state index < -0.39 is 0 Å². The predicted octanol–water partition coefficient (Wildman–Crippen LogP) is 4.58. The van der Waals surface area contributed by atoms with E-state index in [0.717, 1.165) is 51.6 Å². The molecule has 1 aliphatic rings. The number of hydrogen-bond acceptors (Lipinski definition) is 9. The molecule has 0 saturated heterocycles. The van der Waals surface area contributed by atoms with Crippen LogP contribution in [0.4, 0.5) is 11.5 Å². The number of anilines is 2. The summed E-state index contributed by atoms with van der Waals surface area (Å²) in [6.07, 6.45) is 9.28. The van der Waals surface area contributed by atoms with Crippen molar-refractivity contribution in [3.05, 3.63) is 77.3 Å². The number of thiophene rings is 1. The van der Waals surface area contributed by atoms with Crippen LogP contribution in [0.15, 0.2) is 61.3 Å². The van der Waals surface area contributed by atoms with E-state index in [2.05, 4.69) is 25.4 Å². The van der Waals surface area contributed by atoms with Crippen LogP contribution in [0, 0.1) is 6.92 Å². The van der Waals surface area contributed by atoms with Crippen molar-refractivity contribution in [2.75, 3.05) is 32.5 Å². The Morgan fingerprint density at radius 3 is 2.92 bits per heavy atom. The average Bonchev–Trinajstić information content (AvgIpc) is 3.54. The molecule has 0 atom stereocenters. The number of carbonyl (C=O) groups excluding carboxylic acids is 1. The maximum atomic E-state index is 12.7. The van der Waals surface area contributed by atoms with E-state index in [0.29, 0.717) is 18.8 Å². The van der Waals surface area contributed by atoms with Crippen LogP contribution >= 0.6 is 11.3 Å². The van der Waals surface area contributed by atoms with E-state index in [1.807, 2.05) is 73.4 Å². The molecule has 0 bridgehead atoms. The molecule has 0 fully saturated rings. The summed E-state index contributed by atoms with van der Waals surface area (Å²) < 4.78 is 7.81. The Morgan fingerprint density at radius 2 is 2.08 bits per heavy atom. The van der Waals surface area contributed by atoms with Crippen molar-refractivity contribution in [3.8, 4) is 11.5 Å². The second-order valence-corrected chi connectivity index (χ2v) is 10.8. The number of benzene rings is 1. The highest BCUT2D eigenvalue weighted by Crippen LogP contribution is 2.38. The summed E-state index contributed by atoms with van der Waals surface area (Å²) in [5.41, 5.74) is 3.84. The maximum absolute atomic E-state index is 12.7. The molecule has 198 valence electrons. The molecule has 1 N–H and O–H groups in total. The van der Waals surface area contributed by atoms with Gasteiger partial charge in [0.15, 0.2) is 5.65 Å². The van der Waals surface area contributed by atoms with Crippen LogP contribution in [0.25, 0.3) is 15.9 Å². The van der Waals surface area contributed by atoms with Gasteiger partial charge in [0, 0.05) is 42.0 Å². The summed E-state index contributed by atoms with van der Waals surface area (Å²) in [7, 11) is 3.97. The number of aromatic nitrogens is 5. The van der Waals surface area contributed by atoms with E-state index in [9.17, 15) is 4.79 Å². The zero-order valence-electron chi connectivity index (χ0n) is 22.0. The molecule has 0 spiro atoms. The number of hydrogen-bond donors (Lipinski definition) is 1. The average molecular weight is 541 g/mol. The number of pyridine rings is 1. The minimum Gasteiger partial charge on any atom is -0.457 e. The molecule has 10 nitrogen and oxygen atoms in total. The molecule has 11 heteroatoms. The van der Waals surface area contributed by atoms with Gasteiger partial charge < -0.3 is 19.9 Å². The Balaban J connectivity index is 1.20. The molecular formula is C28H28N8O2S. The van der Waals surface area contributed by atoms with Crippen LogP contribution in [-0.4, -0.2) is 67.5 Å². The molecule has 1 amide bonds. The number of carbonyl (C=O) groups is 1. The van der Waals surface area contributed by atoms with E-state index in [1.165, 1.54) is 16.8 Å². The number of ether oxygens (including phenoxy) is 1. The van der Waals surface area contributed by atoms with Gasteiger partial charge in [0.1, 0.15) is 34.8 Å². The smallest absolute Gasteiger partial charge is 0.246 e. The van der Waals surface area contributed by atoms with Crippen LogP contribution in [-0.2, 0) is 17.8 Å². The molecule has 0 radical (unpaired) electrons. The van der Waals surface area contributed by atoms with E-state index in [1.54, 1.807) is 28.3 Å².